The van der Waals surface area contributed by atoms with Crippen LogP contribution in [-0.4, -0.2) is 46.6 Å². The van der Waals surface area contributed by atoms with E-state index in [1.165, 1.54) is 37.9 Å². The van der Waals surface area contributed by atoms with Gasteiger partial charge in [-0.1, -0.05) is 12.5 Å². The molecule has 1 aromatic carbocycles. The molecule has 2 aliphatic heterocycles. The molecule has 4 heteroatoms. The first-order chi connectivity index (χ1) is 9.63. The van der Waals surface area contributed by atoms with Crippen LogP contribution in [-0.2, 0) is 6.54 Å². The van der Waals surface area contributed by atoms with E-state index in [-0.39, 0.29) is 5.75 Å². The van der Waals surface area contributed by atoms with E-state index in [0.717, 1.165) is 25.2 Å². The first-order valence-corrected chi connectivity index (χ1v) is 7.59. The van der Waals surface area contributed by atoms with Gasteiger partial charge < -0.3 is 5.11 Å². The van der Waals surface area contributed by atoms with Gasteiger partial charge in [0.2, 0.25) is 0 Å². The Hall–Kier alpha value is -1.13. The van der Waals surface area contributed by atoms with Crippen LogP contribution in [0.25, 0.3) is 0 Å². The van der Waals surface area contributed by atoms with Gasteiger partial charge in [0, 0.05) is 31.7 Å². The quantitative estimate of drug-likeness (QED) is 0.901. The number of halogens is 1. The van der Waals surface area contributed by atoms with Crippen molar-refractivity contribution in [3.8, 4) is 5.75 Å². The molecule has 20 heavy (non-hydrogen) atoms. The maximum Gasteiger partial charge on any atom is 0.165 e. The Morgan fingerprint density at radius 2 is 2.15 bits per heavy atom. The normalized spacial score (nSPS) is 28.3. The molecule has 0 radical (unpaired) electrons. The van der Waals surface area contributed by atoms with Crippen molar-refractivity contribution in [3.63, 3.8) is 0 Å². The van der Waals surface area contributed by atoms with Gasteiger partial charge in [-0.3, -0.25) is 9.80 Å². The largest absolute Gasteiger partial charge is 0.505 e. The maximum atomic E-state index is 13.4. The van der Waals surface area contributed by atoms with E-state index in [4.69, 9.17) is 0 Å². The Morgan fingerprint density at radius 1 is 1.30 bits per heavy atom. The lowest BCUT2D eigenvalue weighted by Gasteiger charge is -2.47. The van der Waals surface area contributed by atoms with Gasteiger partial charge in [0.25, 0.3) is 0 Å². The van der Waals surface area contributed by atoms with E-state index in [0.29, 0.717) is 12.1 Å². The number of nitrogens with zero attached hydrogens (tertiary/aromatic N) is 2. The Kier molecular flexibility index (Phi) is 3.94. The second-order valence-electron chi connectivity index (χ2n) is 6.21. The van der Waals surface area contributed by atoms with Crippen molar-refractivity contribution in [2.45, 2.75) is 44.8 Å². The molecule has 110 valence electrons. The molecule has 3 rings (SSSR count). The number of hydrogen-bond donors (Lipinski definition) is 1. The van der Waals surface area contributed by atoms with Crippen LogP contribution in [0.5, 0.6) is 5.75 Å². The summed E-state index contributed by atoms with van der Waals surface area (Å²) in [6.07, 6.45) is 3.94. The molecule has 0 aliphatic carbocycles. The molecule has 0 aromatic heterocycles. The number of hydrogen-bond acceptors (Lipinski definition) is 3. The lowest BCUT2D eigenvalue weighted by atomic mass is 9.96. The number of phenols is 1. The summed E-state index contributed by atoms with van der Waals surface area (Å²) in [7, 11) is 0. The molecule has 0 spiro atoms. The smallest absolute Gasteiger partial charge is 0.165 e. The SMILES string of the molecule is CC1CN2CCCCC2CN1Cc1ccc(O)c(F)c1. The average molecular weight is 278 g/mol. The van der Waals surface area contributed by atoms with Gasteiger partial charge in [-0.15, -0.1) is 0 Å². The van der Waals surface area contributed by atoms with Crippen LogP contribution in [0.2, 0.25) is 0 Å². The van der Waals surface area contributed by atoms with E-state index in [2.05, 4.69) is 16.7 Å². The van der Waals surface area contributed by atoms with E-state index in [9.17, 15) is 9.50 Å². The molecule has 2 unspecified atom stereocenters. The molecular weight excluding hydrogens is 255 g/mol. The lowest BCUT2D eigenvalue weighted by Crippen LogP contribution is -2.58. The monoisotopic (exact) mass is 278 g/mol. The molecule has 2 fully saturated rings. The summed E-state index contributed by atoms with van der Waals surface area (Å²) < 4.78 is 13.4. The third-order valence-electron chi connectivity index (χ3n) is 4.71. The van der Waals surface area contributed by atoms with Gasteiger partial charge in [-0.2, -0.15) is 0 Å². The second-order valence-corrected chi connectivity index (χ2v) is 6.21. The summed E-state index contributed by atoms with van der Waals surface area (Å²) in [4.78, 5) is 5.06. The zero-order valence-electron chi connectivity index (χ0n) is 12.1. The van der Waals surface area contributed by atoms with Crippen LogP contribution < -0.4 is 0 Å². The van der Waals surface area contributed by atoms with Gasteiger partial charge in [0.15, 0.2) is 11.6 Å². The van der Waals surface area contributed by atoms with Crippen LogP contribution in [0.4, 0.5) is 4.39 Å². The molecule has 0 amide bonds. The van der Waals surface area contributed by atoms with E-state index in [1.807, 2.05) is 6.07 Å². The van der Waals surface area contributed by atoms with E-state index in [1.54, 1.807) is 0 Å². The predicted octanol–water partition coefficient (Wildman–Crippen LogP) is 2.59. The summed E-state index contributed by atoms with van der Waals surface area (Å²) >= 11 is 0. The number of phenolic OH excluding ortho intramolecular Hbond substituents is 1. The standard InChI is InChI=1S/C16H23FN2O/c1-12-9-18-7-3-2-4-14(18)11-19(12)10-13-5-6-16(20)15(17)8-13/h5-6,8,12,14,20H,2-4,7,9-11H2,1H3. The zero-order chi connectivity index (χ0) is 14.1. The molecule has 1 aromatic rings. The molecular formula is C16H23FN2O. The van der Waals surface area contributed by atoms with E-state index < -0.39 is 5.82 Å². The van der Waals surface area contributed by atoms with Crippen molar-refractivity contribution in [1.82, 2.24) is 9.80 Å². The predicted molar refractivity (Wildman–Crippen MR) is 77.1 cm³/mol. The number of rotatable bonds is 2. The summed E-state index contributed by atoms with van der Waals surface area (Å²) in [5.74, 6) is -0.787. The van der Waals surface area contributed by atoms with Crippen LogP contribution in [0.1, 0.15) is 31.7 Å². The van der Waals surface area contributed by atoms with Gasteiger partial charge in [-0.25, -0.2) is 4.39 Å². The third kappa shape index (κ3) is 2.81. The van der Waals surface area contributed by atoms with Crippen molar-refractivity contribution >= 4 is 0 Å². The number of benzene rings is 1. The van der Waals surface area contributed by atoms with E-state index >= 15 is 0 Å². The molecule has 2 heterocycles. The van der Waals surface area contributed by atoms with Crippen LogP contribution in [0.15, 0.2) is 18.2 Å². The Morgan fingerprint density at radius 3 is 2.95 bits per heavy atom. The zero-order valence-corrected chi connectivity index (χ0v) is 12.1. The highest BCUT2D eigenvalue weighted by molar-refractivity contribution is 5.28. The van der Waals surface area contributed by atoms with Crippen molar-refractivity contribution in [2.24, 2.45) is 0 Å². The van der Waals surface area contributed by atoms with Crippen molar-refractivity contribution in [2.75, 3.05) is 19.6 Å². The van der Waals surface area contributed by atoms with Gasteiger partial charge in [0.05, 0.1) is 0 Å². The van der Waals surface area contributed by atoms with Crippen LogP contribution >= 0.6 is 0 Å². The molecule has 0 bridgehead atoms. The molecule has 0 saturated carbocycles. The van der Waals surface area contributed by atoms with Crippen molar-refractivity contribution in [1.29, 1.82) is 0 Å². The number of piperidine rings is 1. The summed E-state index contributed by atoms with van der Waals surface area (Å²) in [5, 5.41) is 9.26. The average Bonchev–Trinajstić information content (AvgIpc) is 2.44. The number of piperazine rings is 1. The van der Waals surface area contributed by atoms with Gasteiger partial charge in [0.1, 0.15) is 0 Å². The molecule has 1 N–H and O–H groups in total. The summed E-state index contributed by atoms with van der Waals surface area (Å²) in [6.45, 7) is 6.44. The molecule has 3 nitrogen and oxygen atoms in total. The third-order valence-corrected chi connectivity index (χ3v) is 4.71. The van der Waals surface area contributed by atoms with Gasteiger partial charge in [-0.05, 0) is 44.0 Å². The first kappa shape index (κ1) is 13.8. The highest BCUT2D eigenvalue weighted by Crippen LogP contribution is 2.26. The fraction of sp³-hybridized carbons (Fsp3) is 0.625. The Labute approximate surface area is 120 Å². The highest BCUT2D eigenvalue weighted by atomic mass is 19.1. The summed E-state index contributed by atoms with van der Waals surface area (Å²) in [6, 6.07) is 5.89. The lowest BCUT2D eigenvalue weighted by molar-refractivity contribution is 0.0110. The van der Waals surface area contributed by atoms with Crippen LogP contribution in [0, 0.1) is 5.82 Å². The number of aromatic hydroxyl groups is 1. The van der Waals surface area contributed by atoms with Gasteiger partial charge >= 0.3 is 0 Å². The van der Waals surface area contributed by atoms with Crippen LogP contribution in [0.3, 0.4) is 0 Å². The molecule has 2 aliphatic rings. The summed E-state index contributed by atoms with van der Waals surface area (Å²) in [5.41, 5.74) is 0.941. The molecule has 2 saturated heterocycles. The minimum absolute atomic E-state index is 0.265. The Bertz CT molecular complexity index is 480. The van der Waals surface area contributed by atoms with Crippen molar-refractivity contribution in [3.05, 3.63) is 29.6 Å². The maximum absolute atomic E-state index is 13.4. The fourth-order valence-corrected chi connectivity index (χ4v) is 3.52. The minimum Gasteiger partial charge on any atom is -0.505 e. The Balaban J connectivity index is 1.68. The fourth-order valence-electron chi connectivity index (χ4n) is 3.52. The van der Waals surface area contributed by atoms with Crippen molar-refractivity contribution < 1.29 is 9.50 Å². The topological polar surface area (TPSA) is 26.7 Å². The first-order valence-electron chi connectivity index (χ1n) is 7.59. The number of fused-ring (bicyclic) bond motifs is 1. The second kappa shape index (κ2) is 5.70. The highest BCUT2D eigenvalue weighted by Gasteiger charge is 2.32. The minimum atomic E-state index is -0.522. The molecule has 2 atom stereocenters.